The van der Waals surface area contributed by atoms with Gasteiger partial charge in [-0.1, -0.05) is 69.0 Å². The van der Waals surface area contributed by atoms with Crippen LogP contribution in [0.1, 0.15) is 38.2 Å². The Morgan fingerprint density at radius 2 is 1.17 bits per heavy atom. The Morgan fingerprint density at radius 1 is 0.657 bits per heavy atom. The summed E-state index contributed by atoms with van der Waals surface area (Å²) in [5.41, 5.74) is 2.93. The predicted molar refractivity (Wildman–Crippen MR) is 158 cm³/mol. The highest BCUT2D eigenvalue weighted by molar-refractivity contribution is 6.93. The topological polar surface area (TPSA) is 51.5 Å². The standard InChI is InChI=1S/C27H45NO3Si4/c1-10-11-12-13-22-32(2,3)29-34(6,7)31-35(8,9)30-33(4,5)27-20-18-26(19-21-27)25-16-14-24(23-28)15-17-25/h14-21H,10-13,22H2,1-9H3. The van der Waals surface area contributed by atoms with E-state index in [0.717, 1.165) is 11.1 Å². The fraction of sp³-hybridized carbons (Fsp3) is 0.519. The molecule has 2 aromatic rings. The van der Waals surface area contributed by atoms with E-state index in [-0.39, 0.29) is 0 Å². The van der Waals surface area contributed by atoms with Crippen molar-refractivity contribution in [2.45, 2.75) is 91.0 Å². The molecule has 0 bridgehead atoms. The van der Waals surface area contributed by atoms with Gasteiger partial charge in [0.05, 0.1) is 11.6 Å². The molecular weight excluding hydrogens is 499 g/mol. The molecule has 0 atom stereocenters. The van der Waals surface area contributed by atoms with Gasteiger partial charge in [-0.05, 0) is 86.9 Å². The Labute approximate surface area is 218 Å². The molecule has 0 radical (unpaired) electrons. The summed E-state index contributed by atoms with van der Waals surface area (Å²) in [6.45, 7) is 20.1. The van der Waals surface area contributed by atoms with Crippen LogP contribution in [0.15, 0.2) is 48.5 Å². The van der Waals surface area contributed by atoms with Crippen LogP contribution in [0.3, 0.4) is 0 Å². The fourth-order valence-corrected chi connectivity index (χ4v) is 23.8. The number of nitrogens with zero attached hydrogens (tertiary/aromatic N) is 1. The summed E-state index contributed by atoms with van der Waals surface area (Å²) in [6, 6.07) is 19.8. The van der Waals surface area contributed by atoms with E-state index < -0.39 is 33.8 Å². The third kappa shape index (κ3) is 9.92. The molecule has 35 heavy (non-hydrogen) atoms. The molecule has 0 N–H and O–H groups in total. The predicted octanol–water partition coefficient (Wildman–Crippen LogP) is 7.88. The van der Waals surface area contributed by atoms with E-state index in [1.165, 1.54) is 36.9 Å². The zero-order chi connectivity index (χ0) is 26.3. The second kappa shape index (κ2) is 12.3. The van der Waals surface area contributed by atoms with Crippen LogP contribution in [-0.4, -0.2) is 33.8 Å². The molecule has 0 amide bonds. The van der Waals surface area contributed by atoms with Crippen molar-refractivity contribution in [3.05, 3.63) is 54.1 Å². The molecule has 0 aliphatic carbocycles. The van der Waals surface area contributed by atoms with Gasteiger partial charge in [-0.2, -0.15) is 5.26 Å². The molecule has 0 saturated carbocycles. The Morgan fingerprint density at radius 3 is 1.69 bits per heavy atom. The SMILES string of the molecule is CCCCCC[Si](C)(C)O[Si](C)(C)O[Si](C)(C)O[Si](C)(C)c1ccc(-c2ccc(C#N)cc2)cc1. The first kappa shape index (κ1) is 29.9. The van der Waals surface area contributed by atoms with Gasteiger partial charge in [0.15, 0.2) is 8.32 Å². The van der Waals surface area contributed by atoms with Gasteiger partial charge >= 0.3 is 17.1 Å². The molecular formula is C27H45NO3Si4. The minimum absolute atomic E-state index is 0.678. The van der Waals surface area contributed by atoms with E-state index in [9.17, 15) is 0 Å². The summed E-state index contributed by atoms with van der Waals surface area (Å²) >= 11 is 0. The minimum Gasteiger partial charge on any atom is -0.436 e. The zero-order valence-corrected chi connectivity index (χ0v) is 27.3. The van der Waals surface area contributed by atoms with E-state index in [1.807, 2.05) is 24.3 Å². The van der Waals surface area contributed by atoms with E-state index >= 15 is 0 Å². The van der Waals surface area contributed by atoms with Crippen molar-refractivity contribution in [3.8, 4) is 17.2 Å². The largest absolute Gasteiger partial charge is 0.436 e. The van der Waals surface area contributed by atoms with E-state index in [2.05, 4.69) is 89.6 Å². The van der Waals surface area contributed by atoms with Crippen molar-refractivity contribution < 1.29 is 12.3 Å². The average molecular weight is 544 g/mol. The van der Waals surface area contributed by atoms with Gasteiger partial charge in [0.25, 0.3) is 0 Å². The van der Waals surface area contributed by atoms with E-state index in [4.69, 9.17) is 17.6 Å². The van der Waals surface area contributed by atoms with Crippen molar-refractivity contribution in [2.24, 2.45) is 0 Å². The lowest BCUT2D eigenvalue weighted by atomic mass is 10.0. The molecule has 0 heterocycles. The number of rotatable bonds is 13. The molecule has 192 valence electrons. The minimum atomic E-state index is -2.40. The summed E-state index contributed by atoms with van der Waals surface area (Å²) < 4.78 is 20.3. The molecule has 2 rings (SSSR count). The molecule has 2 aromatic carbocycles. The fourth-order valence-electron chi connectivity index (χ4n) is 4.80. The van der Waals surface area contributed by atoms with Crippen LogP contribution in [0, 0.1) is 11.3 Å². The first-order valence-corrected chi connectivity index (χ1v) is 24.6. The molecule has 0 unspecified atom stereocenters. The summed E-state index contributed by atoms with van der Waals surface area (Å²) in [6.07, 6.45) is 5.13. The second-order valence-electron chi connectivity index (χ2n) is 11.5. The third-order valence-corrected chi connectivity index (χ3v) is 21.5. The van der Waals surface area contributed by atoms with Crippen molar-refractivity contribution >= 4 is 38.9 Å². The first-order valence-electron chi connectivity index (χ1n) is 12.9. The first-order chi connectivity index (χ1) is 16.2. The Kier molecular flexibility index (Phi) is 10.5. The van der Waals surface area contributed by atoms with Crippen molar-refractivity contribution in [3.63, 3.8) is 0 Å². The van der Waals surface area contributed by atoms with Crippen molar-refractivity contribution in [2.75, 3.05) is 0 Å². The van der Waals surface area contributed by atoms with Gasteiger partial charge in [-0.3, -0.25) is 0 Å². The van der Waals surface area contributed by atoms with Crippen LogP contribution < -0.4 is 5.19 Å². The average Bonchev–Trinajstić information content (AvgIpc) is 2.74. The Balaban J connectivity index is 2.04. The van der Waals surface area contributed by atoms with Gasteiger partial charge in [-0.15, -0.1) is 0 Å². The molecule has 0 aromatic heterocycles. The van der Waals surface area contributed by atoms with Crippen LogP contribution in [0.25, 0.3) is 11.1 Å². The molecule has 0 spiro atoms. The van der Waals surface area contributed by atoms with Gasteiger partial charge in [0.2, 0.25) is 8.32 Å². The molecule has 4 nitrogen and oxygen atoms in total. The van der Waals surface area contributed by atoms with Gasteiger partial charge in [0.1, 0.15) is 0 Å². The summed E-state index contributed by atoms with van der Waals surface area (Å²) in [5.74, 6) is 0. The normalized spacial score (nSPS) is 13.0. The maximum atomic E-state index is 9.03. The molecule has 0 aliphatic rings. The number of unbranched alkanes of at least 4 members (excludes halogenated alkanes) is 3. The van der Waals surface area contributed by atoms with Crippen LogP contribution in [0.5, 0.6) is 0 Å². The maximum Gasteiger partial charge on any atom is 0.312 e. The van der Waals surface area contributed by atoms with Crippen LogP contribution in [-0.2, 0) is 12.3 Å². The quantitative estimate of drug-likeness (QED) is 0.190. The molecule has 0 fully saturated rings. The molecule has 0 saturated heterocycles. The number of benzene rings is 2. The lowest BCUT2D eigenvalue weighted by Crippen LogP contribution is -2.59. The number of hydrogen-bond acceptors (Lipinski definition) is 4. The Hall–Kier alpha value is -1.32. The zero-order valence-electron chi connectivity index (χ0n) is 23.3. The highest BCUT2D eigenvalue weighted by atomic mass is 28.5. The number of hydrogen-bond donors (Lipinski definition) is 0. The van der Waals surface area contributed by atoms with Crippen LogP contribution in [0.2, 0.25) is 58.4 Å². The monoisotopic (exact) mass is 543 g/mol. The summed E-state index contributed by atoms with van der Waals surface area (Å²) in [4.78, 5) is 0. The van der Waals surface area contributed by atoms with Crippen molar-refractivity contribution in [1.29, 1.82) is 5.26 Å². The van der Waals surface area contributed by atoms with Gasteiger partial charge in [-0.25, -0.2) is 0 Å². The third-order valence-electron chi connectivity index (χ3n) is 6.07. The van der Waals surface area contributed by atoms with Gasteiger partial charge < -0.3 is 12.3 Å². The van der Waals surface area contributed by atoms with E-state index in [1.54, 1.807) is 0 Å². The Bertz CT molecular complexity index is 981. The highest BCUT2D eigenvalue weighted by Crippen LogP contribution is 2.27. The summed E-state index contributed by atoms with van der Waals surface area (Å²) in [7, 11) is -8.63. The lowest BCUT2D eigenvalue weighted by Gasteiger charge is -2.41. The summed E-state index contributed by atoms with van der Waals surface area (Å²) in [5, 5.41) is 10.3. The highest BCUT2D eigenvalue weighted by Gasteiger charge is 2.43. The second-order valence-corrected chi connectivity index (χ2v) is 27.1. The smallest absolute Gasteiger partial charge is 0.312 e. The van der Waals surface area contributed by atoms with Crippen molar-refractivity contribution in [1.82, 2.24) is 0 Å². The lowest BCUT2D eigenvalue weighted by molar-refractivity contribution is 0.330. The molecule has 0 aliphatic heterocycles. The van der Waals surface area contributed by atoms with Crippen LogP contribution in [0.4, 0.5) is 0 Å². The van der Waals surface area contributed by atoms with Gasteiger partial charge in [0, 0.05) is 0 Å². The van der Waals surface area contributed by atoms with E-state index in [0.29, 0.717) is 5.56 Å². The number of nitriles is 1. The van der Waals surface area contributed by atoms with Crippen LogP contribution >= 0.6 is 0 Å². The maximum absolute atomic E-state index is 9.03. The molecule has 8 heteroatoms.